The second-order valence-corrected chi connectivity index (χ2v) is 5.08. The maximum absolute atomic E-state index is 12.1. The quantitative estimate of drug-likeness (QED) is 0.724. The van der Waals surface area contributed by atoms with Crippen molar-refractivity contribution in [2.24, 2.45) is 11.0 Å². The molecule has 1 aromatic carbocycles. The zero-order valence-electron chi connectivity index (χ0n) is 11.4. The van der Waals surface area contributed by atoms with Gasteiger partial charge in [-0.05, 0) is 11.1 Å². The molecule has 2 aliphatic heterocycles. The SMILES string of the molecule is COC(=O)[C@@H]1CC(C#N)(C#N)N2N=Cc3ccccc3[C@@H]12. The number of ether oxygens (including phenoxy) is 1. The first-order valence-corrected chi connectivity index (χ1v) is 6.49. The van der Waals surface area contributed by atoms with Crippen molar-refractivity contribution in [1.82, 2.24) is 5.01 Å². The monoisotopic (exact) mass is 280 g/mol. The van der Waals surface area contributed by atoms with Crippen molar-refractivity contribution in [1.29, 1.82) is 10.5 Å². The Labute approximate surface area is 121 Å². The van der Waals surface area contributed by atoms with Crippen molar-refractivity contribution >= 4 is 12.2 Å². The molecule has 0 spiro atoms. The van der Waals surface area contributed by atoms with Crippen LogP contribution in [-0.2, 0) is 9.53 Å². The molecule has 0 aromatic heterocycles. The van der Waals surface area contributed by atoms with E-state index in [4.69, 9.17) is 4.74 Å². The number of carbonyl (C=O) groups excluding carboxylic acids is 1. The number of esters is 1. The maximum Gasteiger partial charge on any atom is 0.311 e. The van der Waals surface area contributed by atoms with E-state index in [9.17, 15) is 15.3 Å². The van der Waals surface area contributed by atoms with Crippen LogP contribution in [-0.4, -0.2) is 29.8 Å². The predicted molar refractivity (Wildman–Crippen MR) is 72.7 cm³/mol. The van der Waals surface area contributed by atoms with Gasteiger partial charge in [-0.1, -0.05) is 24.3 Å². The molecule has 0 radical (unpaired) electrons. The summed E-state index contributed by atoms with van der Waals surface area (Å²) in [5.41, 5.74) is 0.336. The molecule has 0 saturated carbocycles. The van der Waals surface area contributed by atoms with Crippen LogP contribution in [0.2, 0.25) is 0 Å². The van der Waals surface area contributed by atoms with E-state index < -0.39 is 23.5 Å². The number of nitrogens with zero attached hydrogens (tertiary/aromatic N) is 4. The Morgan fingerprint density at radius 3 is 2.81 bits per heavy atom. The predicted octanol–water partition coefficient (Wildman–Crippen LogP) is 1.36. The normalized spacial score (nSPS) is 24.4. The Morgan fingerprint density at radius 1 is 1.43 bits per heavy atom. The van der Waals surface area contributed by atoms with E-state index in [0.29, 0.717) is 0 Å². The minimum atomic E-state index is -1.44. The van der Waals surface area contributed by atoms with E-state index in [1.165, 1.54) is 12.1 Å². The largest absolute Gasteiger partial charge is 0.469 e. The van der Waals surface area contributed by atoms with Gasteiger partial charge in [0.1, 0.15) is 12.1 Å². The van der Waals surface area contributed by atoms with Crippen LogP contribution in [0.4, 0.5) is 0 Å². The summed E-state index contributed by atoms with van der Waals surface area (Å²) < 4.78 is 4.84. The molecule has 3 rings (SSSR count). The van der Waals surface area contributed by atoms with Crippen molar-refractivity contribution in [3.63, 3.8) is 0 Å². The van der Waals surface area contributed by atoms with Gasteiger partial charge in [0.05, 0.1) is 25.3 Å². The van der Waals surface area contributed by atoms with Gasteiger partial charge in [-0.15, -0.1) is 0 Å². The van der Waals surface area contributed by atoms with Crippen molar-refractivity contribution in [2.45, 2.75) is 18.0 Å². The zero-order chi connectivity index (χ0) is 15.0. The van der Waals surface area contributed by atoms with Crippen molar-refractivity contribution in [2.75, 3.05) is 7.11 Å². The van der Waals surface area contributed by atoms with E-state index in [-0.39, 0.29) is 6.42 Å². The molecule has 1 saturated heterocycles. The fourth-order valence-corrected chi connectivity index (χ4v) is 3.05. The van der Waals surface area contributed by atoms with Gasteiger partial charge in [-0.2, -0.15) is 15.6 Å². The van der Waals surface area contributed by atoms with Gasteiger partial charge in [-0.3, -0.25) is 9.80 Å². The molecule has 6 heteroatoms. The van der Waals surface area contributed by atoms with Gasteiger partial charge >= 0.3 is 5.97 Å². The first-order chi connectivity index (χ1) is 10.2. The number of fused-ring (bicyclic) bond motifs is 3. The molecular formula is C15H12N4O2. The zero-order valence-corrected chi connectivity index (χ0v) is 11.4. The number of carbonyl (C=O) groups is 1. The number of nitriles is 2. The van der Waals surface area contributed by atoms with E-state index >= 15 is 0 Å². The van der Waals surface area contributed by atoms with Gasteiger partial charge in [0, 0.05) is 6.42 Å². The molecule has 1 aromatic rings. The van der Waals surface area contributed by atoms with E-state index in [0.717, 1.165) is 11.1 Å². The summed E-state index contributed by atoms with van der Waals surface area (Å²) in [6.07, 6.45) is 1.71. The highest BCUT2D eigenvalue weighted by molar-refractivity contribution is 5.85. The first-order valence-electron chi connectivity index (χ1n) is 6.49. The number of hydrogen-bond donors (Lipinski definition) is 0. The fraction of sp³-hybridized carbons (Fsp3) is 0.333. The number of benzene rings is 1. The summed E-state index contributed by atoms with van der Waals surface area (Å²) in [4.78, 5) is 12.1. The van der Waals surface area contributed by atoms with Crippen LogP contribution in [0.1, 0.15) is 23.6 Å². The van der Waals surface area contributed by atoms with Crippen LogP contribution in [0.15, 0.2) is 29.4 Å². The molecule has 0 unspecified atom stereocenters. The summed E-state index contributed by atoms with van der Waals surface area (Å²) in [6.45, 7) is 0. The molecule has 2 aliphatic rings. The lowest BCUT2D eigenvalue weighted by molar-refractivity contribution is -0.146. The summed E-state index contributed by atoms with van der Waals surface area (Å²) in [5, 5.41) is 24.6. The van der Waals surface area contributed by atoms with E-state index in [2.05, 4.69) is 5.10 Å². The van der Waals surface area contributed by atoms with E-state index in [1.807, 2.05) is 36.4 Å². The standard InChI is InChI=1S/C15H12N4O2/c1-21-14(20)12-6-15(8-16,9-17)19-13(12)11-5-3-2-4-10(11)7-18-19/h2-5,7,12-13H,6H2,1H3/t12-,13+/m1/s1. The number of rotatable bonds is 1. The van der Waals surface area contributed by atoms with Gasteiger partial charge < -0.3 is 4.74 Å². The average molecular weight is 280 g/mol. The summed E-state index contributed by atoms with van der Waals surface area (Å²) >= 11 is 0. The molecule has 0 bridgehead atoms. The molecule has 0 N–H and O–H groups in total. The molecule has 2 atom stereocenters. The molecule has 21 heavy (non-hydrogen) atoms. The van der Waals surface area contributed by atoms with Crippen LogP contribution in [0.25, 0.3) is 0 Å². The first kappa shape index (κ1) is 13.1. The third-order valence-corrected chi connectivity index (χ3v) is 4.06. The molecule has 6 nitrogen and oxygen atoms in total. The molecule has 104 valence electrons. The number of hydrazone groups is 1. The van der Waals surface area contributed by atoms with Gasteiger partial charge in [0.25, 0.3) is 0 Å². The van der Waals surface area contributed by atoms with Crippen LogP contribution in [0.3, 0.4) is 0 Å². The summed E-state index contributed by atoms with van der Waals surface area (Å²) in [5.74, 6) is -1.02. The van der Waals surface area contributed by atoms with Crippen molar-refractivity contribution in [3.05, 3.63) is 35.4 Å². The number of hydrogen-bond acceptors (Lipinski definition) is 6. The highest BCUT2D eigenvalue weighted by Crippen LogP contribution is 2.49. The molecule has 0 amide bonds. The summed E-state index contributed by atoms with van der Waals surface area (Å²) in [6, 6.07) is 11.1. The Balaban J connectivity index is 2.17. The Kier molecular flexibility index (Phi) is 2.88. The second kappa shape index (κ2) is 4.60. The average Bonchev–Trinajstić information content (AvgIpc) is 2.89. The highest BCUT2D eigenvalue weighted by atomic mass is 16.5. The highest BCUT2D eigenvalue weighted by Gasteiger charge is 2.57. The lowest BCUT2D eigenvalue weighted by atomic mass is 9.88. The Morgan fingerprint density at radius 2 is 2.14 bits per heavy atom. The van der Waals surface area contributed by atoms with Crippen molar-refractivity contribution < 1.29 is 9.53 Å². The van der Waals surface area contributed by atoms with Gasteiger partial charge in [0.2, 0.25) is 5.54 Å². The minimum Gasteiger partial charge on any atom is -0.469 e. The second-order valence-electron chi connectivity index (χ2n) is 5.08. The molecule has 1 fully saturated rings. The lowest BCUT2D eigenvalue weighted by Gasteiger charge is -2.33. The third-order valence-electron chi connectivity index (χ3n) is 4.06. The van der Waals surface area contributed by atoms with Crippen LogP contribution in [0, 0.1) is 28.6 Å². The molecule has 0 aliphatic carbocycles. The minimum absolute atomic E-state index is 0.0863. The Bertz CT molecular complexity index is 699. The van der Waals surface area contributed by atoms with Crippen LogP contribution in [0.5, 0.6) is 0 Å². The summed E-state index contributed by atoms with van der Waals surface area (Å²) in [7, 11) is 1.31. The van der Waals surface area contributed by atoms with Crippen LogP contribution >= 0.6 is 0 Å². The number of methoxy groups -OCH3 is 1. The topological polar surface area (TPSA) is 89.5 Å². The lowest BCUT2D eigenvalue weighted by Crippen LogP contribution is -2.40. The van der Waals surface area contributed by atoms with Crippen LogP contribution < -0.4 is 0 Å². The van der Waals surface area contributed by atoms with Gasteiger partial charge in [-0.25, -0.2) is 0 Å². The van der Waals surface area contributed by atoms with Gasteiger partial charge in [0.15, 0.2) is 0 Å². The Hall–Kier alpha value is -2.86. The van der Waals surface area contributed by atoms with Crippen molar-refractivity contribution in [3.8, 4) is 12.1 Å². The smallest absolute Gasteiger partial charge is 0.311 e. The molecule has 2 heterocycles. The molecular weight excluding hydrogens is 268 g/mol. The fourth-order valence-electron chi connectivity index (χ4n) is 3.05. The van der Waals surface area contributed by atoms with E-state index in [1.54, 1.807) is 6.21 Å². The maximum atomic E-state index is 12.1. The third kappa shape index (κ3) is 1.70.